The van der Waals surface area contributed by atoms with E-state index < -0.39 is 0 Å². The fourth-order valence-electron chi connectivity index (χ4n) is 3.70. The number of ketones is 1. The third kappa shape index (κ3) is 3.38. The zero-order valence-electron chi connectivity index (χ0n) is 16.1. The zero-order valence-corrected chi connectivity index (χ0v) is 16.9. The summed E-state index contributed by atoms with van der Waals surface area (Å²) in [4.78, 5) is 26.8. The fraction of sp³-hybridized carbons (Fsp3) is 0.364. The molecular formula is C22H22FN3O2S. The molecule has 3 aromatic rings. The molecule has 0 atom stereocenters. The summed E-state index contributed by atoms with van der Waals surface area (Å²) < 4.78 is 15.5. The van der Waals surface area contributed by atoms with Crippen molar-refractivity contribution in [2.75, 3.05) is 18.4 Å². The van der Waals surface area contributed by atoms with Gasteiger partial charge >= 0.3 is 0 Å². The number of benzene rings is 1. The van der Waals surface area contributed by atoms with Crippen molar-refractivity contribution in [3.8, 4) is 0 Å². The lowest BCUT2D eigenvalue weighted by molar-refractivity contribution is 0.104. The molecule has 7 heteroatoms. The van der Waals surface area contributed by atoms with Gasteiger partial charge in [-0.05, 0) is 55.5 Å². The highest BCUT2D eigenvalue weighted by Crippen LogP contribution is 2.39. The number of thiophene rings is 1. The number of nitrogens with zero attached hydrogens (tertiary/aromatic N) is 1. The van der Waals surface area contributed by atoms with E-state index in [4.69, 9.17) is 0 Å². The van der Waals surface area contributed by atoms with E-state index in [-0.39, 0.29) is 23.2 Å². The number of carbonyl (C=O) groups excluding carboxylic acids is 1. The van der Waals surface area contributed by atoms with E-state index in [1.807, 2.05) is 4.57 Å². The van der Waals surface area contributed by atoms with Crippen LogP contribution in [0.4, 0.5) is 9.39 Å². The third-order valence-corrected chi connectivity index (χ3v) is 6.89. The summed E-state index contributed by atoms with van der Waals surface area (Å²) in [5, 5.41) is 8.27. The lowest BCUT2D eigenvalue weighted by atomic mass is 10.0. The molecule has 0 amide bonds. The quantitative estimate of drug-likeness (QED) is 0.609. The highest BCUT2D eigenvalue weighted by atomic mass is 32.1. The Bertz CT molecular complexity index is 1170. The smallest absolute Gasteiger partial charge is 0.251 e. The number of hydrogen-bond acceptors (Lipinski definition) is 5. The predicted octanol–water partition coefficient (Wildman–Crippen LogP) is 3.54. The van der Waals surface area contributed by atoms with Gasteiger partial charge in [0.2, 0.25) is 0 Å². The first-order chi connectivity index (χ1) is 14.0. The van der Waals surface area contributed by atoms with Crippen molar-refractivity contribution in [2.45, 2.75) is 32.4 Å². The zero-order chi connectivity index (χ0) is 20.1. The van der Waals surface area contributed by atoms with Gasteiger partial charge in [0.25, 0.3) is 5.56 Å². The van der Waals surface area contributed by atoms with Gasteiger partial charge in [0, 0.05) is 36.7 Å². The van der Waals surface area contributed by atoms with Crippen molar-refractivity contribution >= 4 is 32.3 Å². The van der Waals surface area contributed by atoms with Crippen LogP contribution in [0.15, 0.2) is 35.1 Å². The summed E-state index contributed by atoms with van der Waals surface area (Å²) in [5.41, 5.74) is 1.45. The Labute approximate surface area is 171 Å². The minimum atomic E-state index is -0.325. The minimum absolute atomic E-state index is 0.0286. The van der Waals surface area contributed by atoms with Gasteiger partial charge in [0.05, 0.1) is 11.6 Å². The maximum atomic E-state index is 13.7. The number of hydrogen-bond donors (Lipinski definition) is 2. The molecule has 29 heavy (non-hydrogen) atoms. The molecule has 1 saturated carbocycles. The largest absolute Gasteiger partial charge is 0.371 e. The summed E-state index contributed by atoms with van der Waals surface area (Å²) in [6.45, 7) is 4.04. The number of nitrogens with one attached hydrogen (secondary N) is 2. The van der Waals surface area contributed by atoms with Crippen LogP contribution in [0.2, 0.25) is 0 Å². The van der Waals surface area contributed by atoms with E-state index in [2.05, 4.69) is 10.6 Å². The van der Waals surface area contributed by atoms with Gasteiger partial charge in [-0.3, -0.25) is 14.2 Å². The van der Waals surface area contributed by atoms with Crippen molar-refractivity contribution < 1.29 is 9.18 Å². The first-order valence-corrected chi connectivity index (χ1v) is 10.8. The first kappa shape index (κ1) is 18.5. The van der Waals surface area contributed by atoms with Crippen molar-refractivity contribution in [1.29, 1.82) is 0 Å². The van der Waals surface area contributed by atoms with Crippen molar-refractivity contribution in [3.63, 3.8) is 0 Å². The Kier molecular flexibility index (Phi) is 4.52. The van der Waals surface area contributed by atoms with Gasteiger partial charge in [-0.1, -0.05) is 11.3 Å². The Morgan fingerprint density at radius 3 is 2.72 bits per heavy atom. The molecule has 1 aromatic carbocycles. The van der Waals surface area contributed by atoms with Crippen LogP contribution in [0.25, 0.3) is 10.2 Å². The average molecular weight is 412 g/mol. The molecule has 0 bridgehead atoms. The summed E-state index contributed by atoms with van der Waals surface area (Å²) in [7, 11) is 0. The monoisotopic (exact) mass is 411 g/mol. The molecule has 5 nitrogen and oxygen atoms in total. The van der Waals surface area contributed by atoms with Crippen molar-refractivity contribution in [2.24, 2.45) is 5.92 Å². The topological polar surface area (TPSA) is 63.1 Å². The second-order valence-electron chi connectivity index (χ2n) is 8.04. The van der Waals surface area contributed by atoms with E-state index in [0.717, 1.165) is 41.1 Å². The Balaban J connectivity index is 1.66. The lowest BCUT2D eigenvalue weighted by Crippen LogP contribution is -2.51. The Morgan fingerprint density at radius 1 is 1.28 bits per heavy atom. The fourth-order valence-corrected chi connectivity index (χ4v) is 4.98. The van der Waals surface area contributed by atoms with E-state index in [9.17, 15) is 14.0 Å². The summed E-state index contributed by atoms with van der Waals surface area (Å²) in [6, 6.07) is 8.03. The second-order valence-corrected chi connectivity index (χ2v) is 9.04. The molecule has 2 N–H and O–H groups in total. The average Bonchev–Trinajstić information content (AvgIpc) is 3.41. The van der Waals surface area contributed by atoms with Crippen LogP contribution in [-0.2, 0) is 6.54 Å². The summed E-state index contributed by atoms with van der Waals surface area (Å²) in [6.07, 6.45) is 2.29. The van der Waals surface area contributed by atoms with Gasteiger partial charge in [-0.25, -0.2) is 4.39 Å². The van der Waals surface area contributed by atoms with Crippen LogP contribution in [0, 0.1) is 18.7 Å². The van der Waals surface area contributed by atoms with E-state index in [1.54, 1.807) is 25.1 Å². The molecule has 2 fully saturated rings. The molecule has 5 rings (SSSR count). The predicted molar refractivity (Wildman–Crippen MR) is 114 cm³/mol. The third-order valence-electron chi connectivity index (χ3n) is 5.73. The summed E-state index contributed by atoms with van der Waals surface area (Å²) >= 11 is 1.47. The Morgan fingerprint density at radius 2 is 2.07 bits per heavy atom. The van der Waals surface area contributed by atoms with Gasteiger partial charge < -0.3 is 10.6 Å². The van der Waals surface area contributed by atoms with E-state index in [0.29, 0.717) is 29.2 Å². The first-order valence-electron chi connectivity index (χ1n) is 9.95. The number of fused-ring (bicyclic) bond motifs is 1. The number of halogens is 1. The highest BCUT2D eigenvalue weighted by molar-refractivity contribution is 7.23. The number of rotatable bonds is 6. The minimum Gasteiger partial charge on any atom is -0.371 e. The normalized spacial score (nSPS) is 16.8. The maximum absolute atomic E-state index is 13.7. The molecule has 0 spiro atoms. The van der Waals surface area contributed by atoms with Gasteiger partial charge in [0.15, 0.2) is 5.78 Å². The van der Waals surface area contributed by atoms with Crippen molar-refractivity contribution in [3.05, 3.63) is 63.2 Å². The molecule has 1 aliphatic heterocycles. The molecule has 0 unspecified atom stereocenters. The standard InChI is InChI=1S/C22H22FN3O2S/c1-12-8-14(4-6-17(12)23)20(28)19-16-5-7-18(27)26(11-13-2-3-13)22(16)29-21(19)25-15-9-24-10-15/h4-8,13,15,24-25H,2-3,9-11H2,1H3. The SMILES string of the molecule is Cc1cc(C(=O)c2c(NC3CNC3)sc3c2ccc(=O)n3CC2CC2)ccc1F. The van der Waals surface area contributed by atoms with Crippen molar-refractivity contribution in [1.82, 2.24) is 9.88 Å². The molecule has 0 radical (unpaired) electrons. The van der Waals surface area contributed by atoms with Crippen LogP contribution in [0.5, 0.6) is 0 Å². The van der Waals surface area contributed by atoms with Crippen LogP contribution < -0.4 is 16.2 Å². The molecule has 1 aliphatic carbocycles. The molecule has 3 heterocycles. The van der Waals surface area contributed by atoms with Gasteiger partial charge in [0.1, 0.15) is 15.6 Å². The number of pyridine rings is 1. The molecule has 1 saturated heterocycles. The number of aryl methyl sites for hydroxylation is 1. The maximum Gasteiger partial charge on any atom is 0.251 e. The van der Waals surface area contributed by atoms with Crippen LogP contribution >= 0.6 is 11.3 Å². The number of aromatic nitrogens is 1. The molecule has 150 valence electrons. The van der Waals surface area contributed by atoms with Crippen LogP contribution in [-0.4, -0.2) is 29.5 Å². The second kappa shape index (κ2) is 7.07. The van der Waals surface area contributed by atoms with Crippen LogP contribution in [0.3, 0.4) is 0 Å². The van der Waals surface area contributed by atoms with Gasteiger partial charge in [-0.2, -0.15) is 0 Å². The Hall–Kier alpha value is -2.51. The molecule has 2 aromatic heterocycles. The molecule has 2 aliphatic rings. The number of anilines is 1. The highest BCUT2D eigenvalue weighted by Gasteiger charge is 2.28. The lowest BCUT2D eigenvalue weighted by Gasteiger charge is -2.28. The molecular weight excluding hydrogens is 389 g/mol. The van der Waals surface area contributed by atoms with E-state index >= 15 is 0 Å². The summed E-state index contributed by atoms with van der Waals surface area (Å²) in [5.74, 6) is 0.0752. The number of carbonyl (C=O) groups is 1. The van der Waals surface area contributed by atoms with Gasteiger partial charge in [-0.15, -0.1) is 0 Å². The van der Waals surface area contributed by atoms with E-state index in [1.165, 1.54) is 23.5 Å². The van der Waals surface area contributed by atoms with Crippen LogP contribution in [0.1, 0.15) is 34.3 Å².